The van der Waals surface area contributed by atoms with Crippen LogP contribution in [0.15, 0.2) is 42.6 Å². The normalized spacial score (nSPS) is 23.4. The number of benzene rings is 1. The first kappa shape index (κ1) is 23.1. The number of nitrogens with one attached hydrogen (secondary N) is 5. The molecule has 1 fully saturated rings. The number of hydrogen-bond acceptors (Lipinski definition) is 7. The molecule has 2 aromatic heterocycles. The average molecular weight is 477 g/mol. The second-order valence-corrected chi connectivity index (χ2v) is 9.30. The van der Waals surface area contributed by atoms with E-state index in [2.05, 4.69) is 53.6 Å². The zero-order valence-corrected chi connectivity index (χ0v) is 20.0. The molecule has 5 rings (SSSR count). The lowest BCUT2D eigenvalue weighted by molar-refractivity contribution is 0.0806. The molecule has 0 bridgehead atoms. The van der Waals surface area contributed by atoms with Gasteiger partial charge in [0.05, 0.1) is 6.04 Å². The standard InChI is InChI=1S/C25H32N8O2/c1-15-13-22(33-32-15)30-21-11-12-26-24(31-21)27-17-7-9-18(10-8-17)28-25(34)29-20-14-16-5-3-4-6-19(16)23(20)35-2/h3-6,11-13,17-18,20,23H,7-10,14H2,1-2H3,(H2,28,29,34)(H3,26,27,30,31,32,33)/t17?,18?,20-,23+/m1/s1. The Morgan fingerprint density at radius 1 is 1.06 bits per heavy atom. The lowest BCUT2D eigenvalue weighted by atomic mass is 9.91. The predicted molar refractivity (Wildman–Crippen MR) is 134 cm³/mol. The van der Waals surface area contributed by atoms with Crippen molar-refractivity contribution in [1.29, 1.82) is 0 Å². The van der Waals surface area contributed by atoms with E-state index < -0.39 is 0 Å². The number of ether oxygens (including phenoxy) is 1. The molecule has 35 heavy (non-hydrogen) atoms. The monoisotopic (exact) mass is 476 g/mol. The van der Waals surface area contributed by atoms with Crippen molar-refractivity contribution in [2.24, 2.45) is 0 Å². The lowest BCUT2D eigenvalue weighted by Crippen LogP contribution is -2.49. The van der Waals surface area contributed by atoms with Crippen LogP contribution in [0.25, 0.3) is 0 Å². The number of nitrogens with zero attached hydrogens (tertiary/aromatic N) is 3. The van der Waals surface area contributed by atoms with E-state index in [0.717, 1.165) is 49.2 Å². The van der Waals surface area contributed by atoms with E-state index >= 15 is 0 Å². The van der Waals surface area contributed by atoms with Gasteiger partial charge in [0.1, 0.15) is 11.9 Å². The number of fused-ring (bicyclic) bond motifs is 1. The molecular formula is C25H32N8O2. The number of rotatable bonds is 7. The van der Waals surface area contributed by atoms with Crippen molar-refractivity contribution >= 4 is 23.6 Å². The summed E-state index contributed by atoms with van der Waals surface area (Å²) in [5.41, 5.74) is 3.37. The number of carbonyl (C=O) groups excluding carboxylic acids is 1. The number of hydrogen-bond donors (Lipinski definition) is 5. The Bertz CT molecular complexity index is 1160. The number of carbonyl (C=O) groups is 1. The zero-order chi connectivity index (χ0) is 24.2. The SMILES string of the molecule is CO[C@H]1c2ccccc2C[C@H]1NC(=O)NC1CCC(Nc2nccc(Nc3cc(C)[nH]n3)n2)CC1. The zero-order valence-electron chi connectivity index (χ0n) is 20.0. The van der Waals surface area contributed by atoms with Gasteiger partial charge >= 0.3 is 6.03 Å². The van der Waals surface area contributed by atoms with Crippen LogP contribution in [0.4, 0.5) is 22.4 Å². The quantitative estimate of drug-likeness (QED) is 0.352. The van der Waals surface area contributed by atoms with E-state index in [1.54, 1.807) is 13.3 Å². The number of anilines is 3. The fourth-order valence-corrected chi connectivity index (χ4v) is 5.05. The number of aromatic amines is 1. The Morgan fingerprint density at radius 3 is 2.63 bits per heavy atom. The molecule has 2 aliphatic rings. The molecule has 2 heterocycles. The minimum absolute atomic E-state index is 0.0566. The first-order valence-corrected chi connectivity index (χ1v) is 12.1. The van der Waals surface area contributed by atoms with Crippen molar-refractivity contribution in [2.45, 2.75) is 63.3 Å². The van der Waals surface area contributed by atoms with Crippen molar-refractivity contribution in [2.75, 3.05) is 17.7 Å². The van der Waals surface area contributed by atoms with E-state index in [1.165, 1.54) is 5.56 Å². The number of methoxy groups -OCH3 is 1. The van der Waals surface area contributed by atoms with E-state index in [-0.39, 0.29) is 30.3 Å². The van der Waals surface area contributed by atoms with E-state index in [9.17, 15) is 4.79 Å². The second-order valence-electron chi connectivity index (χ2n) is 9.30. The number of amides is 2. The summed E-state index contributed by atoms with van der Waals surface area (Å²) in [4.78, 5) is 21.6. The summed E-state index contributed by atoms with van der Waals surface area (Å²) in [6.45, 7) is 1.95. The van der Waals surface area contributed by atoms with Crippen molar-refractivity contribution in [1.82, 2.24) is 30.8 Å². The highest BCUT2D eigenvalue weighted by atomic mass is 16.5. The Balaban J connectivity index is 1.08. The fourth-order valence-electron chi connectivity index (χ4n) is 5.05. The summed E-state index contributed by atoms with van der Waals surface area (Å²) in [5.74, 6) is 1.99. The minimum atomic E-state index is -0.128. The fraction of sp³-hybridized carbons (Fsp3) is 0.440. The molecule has 10 heteroatoms. The average Bonchev–Trinajstić information content (AvgIpc) is 3.42. The molecule has 1 aromatic carbocycles. The predicted octanol–water partition coefficient (Wildman–Crippen LogP) is 3.59. The Labute approximate surface area is 204 Å². The van der Waals surface area contributed by atoms with Crippen LogP contribution in [0, 0.1) is 6.92 Å². The number of H-pyrrole nitrogens is 1. The summed E-state index contributed by atoms with van der Waals surface area (Å²) in [6, 6.07) is 12.2. The summed E-state index contributed by atoms with van der Waals surface area (Å²) in [6.07, 6.45) is 6.05. The van der Waals surface area contributed by atoms with Gasteiger partial charge in [-0.2, -0.15) is 10.1 Å². The summed E-state index contributed by atoms with van der Waals surface area (Å²) >= 11 is 0. The van der Waals surface area contributed by atoms with Crippen LogP contribution in [-0.4, -0.2) is 51.4 Å². The third-order valence-corrected chi connectivity index (χ3v) is 6.75. The molecule has 184 valence electrons. The largest absolute Gasteiger partial charge is 0.375 e. The number of aryl methyl sites for hydroxylation is 1. The van der Waals surface area contributed by atoms with Gasteiger partial charge in [0.2, 0.25) is 5.95 Å². The molecule has 2 amide bonds. The molecule has 10 nitrogen and oxygen atoms in total. The van der Waals surface area contributed by atoms with Crippen LogP contribution in [0.3, 0.4) is 0 Å². The maximum atomic E-state index is 12.7. The highest BCUT2D eigenvalue weighted by molar-refractivity contribution is 5.75. The van der Waals surface area contributed by atoms with Crippen LogP contribution < -0.4 is 21.3 Å². The lowest BCUT2D eigenvalue weighted by Gasteiger charge is -2.30. The van der Waals surface area contributed by atoms with Gasteiger partial charge in [-0.1, -0.05) is 24.3 Å². The molecule has 2 atom stereocenters. The molecule has 1 saturated carbocycles. The van der Waals surface area contributed by atoms with Gasteiger partial charge in [0, 0.05) is 37.2 Å². The second kappa shape index (κ2) is 10.3. The summed E-state index contributed by atoms with van der Waals surface area (Å²) < 4.78 is 5.68. The molecular weight excluding hydrogens is 444 g/mol. The molecule has 0 radical (unpaired) electrons. The van der Waals surface area contributed by atoms with Gasteiger partial charge in [-0.15, -0.1) is 0 Å². The number of aromatic nitrogens is 4. The third-order valence-electron chi connectivity index (χ3n) is 6.75. The van der Waals surface area contributed by atoms with Crippen LogP contribution in [0.1, 0.15) is 48.6 Å². The minimum Gasteiger partial charge on any atom is -0.375 e. The third kappa shape index (κ3) is 5.54. The molecule has 0 spiro atoms. The highest BCUT2D eigenvalue weighted by Gasteiger charge is 2.34. The van der Waals surface area contributed by atoms with Gasteiger partial charge < -0.3 is 26.0 Å². The van der Waals surface area contributed by atoms with Crippen molar-refractivity contribution in [3.63, 3.8) is 0 Å². The van der Waals surface area contributed by atoms with Crippen LogP contribution in [-0.2, 0) is 11.2 Å². The Morgan fingerprint density at radius 2 is 1.86 bits per heavy atom. The topological polar surface area (TPSA) is 129 Å². The first-order chi connectivity index (χ1) is 17.1. The van der Waals surface area contributed by atoms with E-state index in [0.29, 0.717) is 11.8 Å². The summed E-state index contributed by atoms with van der Waals surface area (Å²) in [7, 11) is 1.70. The van der Waals surface area contributed by atoms with Gasteiger partial charge in [-0.05, 0) is 56.2 Å². The maximum absolute atomic E-state index is 12.7. The van der Waals surface area contributed by atoms with Crippen LogP contribution in [0.2, 0.25) is 0 Å². The molecule has 0 unspecified atom stereocenters. The van der Waals surface area contributed by atoms with Crippen LogP contribution >= 0.6 is 0 Å². The first-order valence-electron chi connectivity index (χ1n) is 12.1. The maximum Gasteiger partial charge on any atom is 0.315 e. The number of urea groups is 1. The smallest absolute Gasteiger partial charge is 0.315 e. The molecule has 5 N–H and O–H groups in total. The Hall–Kier alpha value is -3.66. The summed E-state index contributed by atoms with van der Waals surface area (Å²) in [5, 5.41) is 20.0. The Kier molecular flexibility index (Phi) is 6.80. The van der Waals surface area contributed by atoms with Gasteiger partial charge in [-0.25, -0.2) is 9.78 Å². The van der Waals surface area contributed by atoms with E-state index in [4.69, 9.17) is 4.74 Å². The van der Waals surface area contributed by atoms with E-state index in [1.807, 2.05) is 31.2 Å². The molecule has 0 aliphatic heterocycles. The van der Waals surface area contributed by atoms with Crippen LogP contribution in [0.5, 0.6) is 0 Å². The molecule has 2 aliphatic carbocycles. The molecule has 3 aromatic rings. The van der Waals surface area contributed by atoms with Crippen molar-refractivity contribution in [3.05, 3.63) is 59.4 Å². The van der Waals surface area contributed by atoms with Crippen molar-refractivity contribution in [3.8, 4) is 0 Å². The van der Waals surface area contributed by atoms with Gasteiger partial charge in [0.25, 0.3) is 0 Å². The van der Waals surface area contributed by atoms with Gasteiger partial charge in [-0.3, -0.25) is 5.10 Å². The highest BCUT2D eigenvalue weighted by Crippen LogP contribution is 2.33. The van der Waals surface area contributed by atoms with Gasteiger partial charge in [0.15, 0.2) is 5.82 Å². The van der Waals surface area contributed by atoms with Crippen molar-refractivity contribution < 1.29 is 9.53 Å². The molecule has 0 saturated heterocycles.